The monoisotopic (exact) mass is 418 g/mol. The topological polar surface area (TPSA) is 66.1 Å². The third-order valence-corrected chi connectivity index (χ3v) is 4.36. The lowest BCUT2D eigenvalue weighted by Gasteiger charge is -2.26. The number of benzene rings is 1. The molecule has 0 aliphatic rings. The lowest BCUT2D eigenvalue weighted by atomic mass is 9.93. The number of urea groups is 1. The van der Waals surface area contributed by atoms with Crippen LogP contribution in [-0.4, -0.2) is 24.1 Å². The first kappa shape index (κ1) is 20.6. The quantitative estimate of drug-likeness (QED) is 0.584. The van der Waals surface area contributed by atoms with Gasteiger partial charge in [0.25, 0.3) is 0 Å². The number of aromatic nitrogens is 1. The molecule has 9 heteroatoms. The smallest absolute Gasteiger partial charge is 0.319 e. The number of anilines is 2. The summed E-state index contributed by atoms with van der Waals surface area (Å²) in [7, 11) is 0. The molecule has 2 amide bonds. The first-order valence-corrected chi connectivity index (χ1v) is 8.84. The maximum Gasteiger partial charge on any atom is 0.319 e. The zero-order valence-corrected chi connectivity index (χ0v) is 16.4. The summed E-state index contributed by atoms with van der Waals surface area (Å²) in [6, 6.07) is 3.55. The van der Waals surface area contributed by atoms with Crippen molar-refractivity contribution in [1.82, 2.24) is 10.3 Å². The summed E-state index contributed by atoms with van der Waals surface area (Å²) in [5, 5.41) is 9.33. The third kappa shape index (κ3) is 5.90. The Morgan fingerprint density at radius 3 is 2.38 bits per heavy atom. The van der Waals surface area contributed by atoms with E-state index in [-0.39, 0.29) is 10.4 Å². The summed E-state index contributed by atoms with van der Waals surface area (Å²) < 4.78 is 13.1. The Morgan fingerprint density at radius 1 is 1.12 bits per heavy atom. The van der Waals surface area contributed by atoms with Crippen LogP contribution < -0.4 is 16.0 Å². The zero-order chi connectivity index (χ0) is 19.3. The van der Waals surface area contributed by atoms with Gasteiger partial charge in [0.15, 0.2) is 0 Å². The Bertz CT molecular complexity index is 781. The van der Waals surface area contributed by atoms with Crippen molar-refractivity contribution in [3.8, 4) is 0 Å². The molecule has 0 atom stereocenters. The highest BCUT2D eigenvalue weighted by Crippen LogP contribution is 2.29. The van der Waals surface area contributed by atoms with Crippen LogP contribution in [0.2, 0.25) is 15.1 Å². The molecular weight excluding hydrogens is 402 g/mol. The van der Waals surface area contributed by atoms with Crippen molar-refractivity contribution in [1.29, 1.82) is 0 Å². The summed E-state index contributed by atoms with van der Waals surface area (Å²) in [5.41, 5.74) is 0.704. The normalized spacial score (nSPS) is 11.2. The highest BCUT2D eigenvalue weighted by molar-refractivity contribution is 6.38. The van der Waals surface area contributed by atoms with Crippen molar-refractivity contribution in [2.75, 3.05) is 23.7 Å². The van der Waals surface area contributed by atoms with Crippen molar-refractivity contribution in [3.63, 3.8) is 0 Å². The molecule has 1 aromatic carbocycles. The van der Waals surface area contributed by atoms with Crippen LogP contribution >= 0.6 is 34.8 Å². The number of nitrogens with one attached hydrogen (secondary N) is 3. The fourth-order valence-electron chi connectivity index (χ4n) is 2.04. The number of hydrogen-bond acceptors (Lipinski definition) is 3. The van der Waals surface area contributed by atoms with Gasteiger partial charge in [0.05, 0.1) is 20.8 Å². The van der Waals surface area contributed by atoms with E-state index in [2.05, 4.69) is 20.9 Å². The van der Waals surface area contributed by atoms with E-state index in [1.54, 1.807) is 0 Å². The summed E-state index contributed by atoms with van der Waals surface area (Å²) in [4.78, 5) is 15.9. The molecule has 0 saturated heterocycles. The minimum absolute atomic E-state index is 0.0570. The fraction of sp³-hybridized carbons (Fsp3) is 0.294. The first-order chi connectivity index (χ1) is 12.2. The van der Waals surface area contributed by atoms with E-state index in [0.717, 1.165) is 0 Å². The Kier molecular flexibility index (Phi) is 6.92. The lowest BCUT2D eigenvalue weighted by molar-refractivity contribution is 0.246. The Balaban J connectivity index is 1.86. The van der Waals surface area contributed by atoms with E-state index in [0.29, 0.717) is 34.5 Å². The highest BCUT2D eigenvalue weighted by atomic mass is 35.5. The van der Waals surface area contributed by atoms with E-state index in [9.17, 15) is 9.18 Å². The van der Waals surface area contributed by atoms with E-state index < -0.39 is 11.8 Å². The molecule has 0 radical (unpaired) electrons. The van der Waals surface area contributed by atoms with Gasteiger partial charge in [-0.25, -0.2) is 9.18 Å². The average Bonchev–Trinajstić information content (AvgIpc) is 2.56. The first-order valence-electron chi connectivity index (χ1n) is 7.71. The standard InChI is InChI=1S/C17H18Cl3FN4O/c1-17(2,8-23-15-12(19)6-22-7-13(15)20)9-24-16(26)25-10-3-4-14(21)11(18)5-10/h3-7H,8-9H2,1-2H3,(H,22,23)(H2,24,25,26). The van der Waals surface area contributed by atoms with Crippen molar-refractivity contribution in [3.05, 3.63) is 51.5 Å². The Morgan fingerprint density at radius 2 is 1.77 bits per heavy atom. The lowest BCUT2D eigenvalue weighted by Crippen LogP contribution is -2.40. The molecule has 0 unspecified atom stereocenters. The van der Waals surface area contributed by atoms with E-state index in [4.69, 9.17) is 34.8 Å². The molecule has 0 saturated carbocycles. The van der Waals surface area contributed by atoms with Gasteiger partial charge in [0.2, 0.25) is 0 Å². The Labute approximate surface area is 166 Å². The number of carbonyl (C=O) groups excluding carboxylic acids is 1. The molecule has 1 heterocycles. The second-order valence-electron chi connectivity index (χ2n) is 6.43. The van der Waals surface area contributed by atoms with Gasteiger partial charge < -0.3 is 16.0 Å². The Hall–Kier alpha value is -1.76. The highest BCUT2D eigenvalue weighted by Gasteiger charge is 2.20. The second-order valence-corrected chi connectivity index (χ2v) is 7.65. The van der Waals surface area contributed by atoms with Gasteiger partial charge in [0, 0.05) is 31.2 Å². The van der Waals surface area contributed by atoms with E-state index >= 15 is 0 Å². The summed E-state index contributed by atoms with van der Waals surface area (Å²) in [6.45, 7) is 4.83. The van der Waals surface area contributed by atoms with E-state index in [1.807, 2.05) is 13.8 Å². The molecule has 1 aromatic heterocycles. The number of rotatable bonds is 6. The third-order valence-electron chi connectivity index (χ3n) is 3.50. The van der Waals surface area contributed by atoms with Gasteiger partial charge in [-0.3, -0.25) is 4.98 Å². The molecule has 0 bridgehead atoms. The van der Waals surface area contributed by atoms with Crippen LogP contribution in [0.4, 0.5) is 20.6 Å². The fourth-order valence-corrected chi connectivity index (χ4v) is 2.72. The molecule has 0 fully saturated rings. The SMILES string of the molecule is CC(C)(CNC(=O)Nc1ccc(F)c(Cl)c1)CNc1c(Cl)cncc1Cl. The molecular formula is C17H18Cl3FN4O. The minimum atomic E-state index is -0.543. The summed E-state index contributed by atoms with van der Waals surface area (Å²) in [5.74, 6) is -0.543. The van der Waals surface area contributed by atoms with Gasteiger partial charge in [-0.2, -0.15) is 0 Å². The van der Waals surface area contributed by atoms with Crippen LogP contribution in [0.15, 0.2) is 30.6 Å². The van der Waals surface area contributed by atoms with Gasteiger partial charge >= 0.3 is 6.03 Å². The van der Waals surface area contributed by atoms with E-state index in [1.165, 1.54) is 30.6 Å². The maximum atomic E-state index is 13.1. The average molecular weight is 420 g/mol. The predicted octanol–water partition coefficient (Wildman–Crippen LogP) is 5.44. The van der Waals surface area contributed by atoms with Gasteiger partial charge in [-0.05, 0) is 23.6 Å². The van der Waals surface area contributed by atoms with Crippen LogP contribution in [0.3, 0.4) is 0 Å². The molecule has 2 aromatic rings. The second kappa shape index (κ2) is 8.75. The number of halogens is 4. The molecule has 140 valence electrons. The van der Waals surface area contributed by atoms with Crippen molar-refractivity contribution in [2.24, 2.45) is 5.41 Å². The number of amides is 2. The van der Waals surface area contributed by atoms with Gasteiger partial charge in [-0.15, -0.1) is 0 Å². The molecule has 26 heavy (non-hydrogen) atoms. The minimum Gasteiger partial charge on any atom is -0.382 e. The van der Waals surface area contributed by atoms with Crippen LogP contribution in [-0.2, 0) is 0 Å². The van der Waals surface area contributed by atoms with Crippen LogP contribution in [0, 0.1) is 11.2 Å². The van der Waals surface area contributed by atoms with Gasteiger partial charge in [0.1, 0.15) is 5.82 Å². The largest absolute Gasteiger partial charge is 0.382 e. The molecule has 0 aliphatic carbocycles. The number of carbonyl (C=O) groups is 1. The molecule has 0 aliphatic heterocycles. The summed E-state index contributed by atoms with van der Waals surface area (Å²) in [6.07, 6.45) is 3.00. The number of hydrogen-bond donors (Lipinski definition) is 3. The molecule has 0 spiro atoms. The molecule has 2 rings (SSSR count). The van der Waals surface area contributed by atoms with Crippen LogP contribution in [0.1, 0.15) is 13.8 Å². The van der Waals surface area contributed by atoms with Crippen molar-refractivity contribution in [2.45, 2.75) is 13.8 Å². The van der Waals surface area contributed by atoms with Crippen LogP contribution in [0.5, 0.6) is 0 Å². The summed E-state index contributed by atoms with van der Waals surface area (Å²) >= 11 is 17.8. The predicted molar refractivity (Wildman–Crippen MR) is 105 cm³/mol. The van der Waals surface area contributed by atoms with Crippen LogP contribution in [0.25, 0.3) is 0 Å². The number of nitrogens with zero attached hydrogens (tertiary/aromatic N) is 1. The molecule has 5 nitrogen and oxygen atoms in total. The zero-order valence-electron chi connectivity index (χ0n) is 14.2. The van der Waals surface area contributed by atoms with Crippen molar-refractivity contribution < 1.29 is 9.18 Å². The molecule has 3 N–H and O–H groups in total. The number of pyridine rings is 1. The van der Waals surface area contributed by atoms with Crippen molar-refractivity contribution >= 4 is 52.2 Å². The maximum absolute atomic E-state index is 13.1. The van der Waals surface area contributed by atoms with Gasteiger partial charge in [-0.1, -0.05) is 48.7 Å².